The minimum Gasteiger partial charge on any atom is -0.395 e. The van der Waals surface area contributed by atoms with Crippen molar-refractivity contribution in [2.45, 2.75) is 52.0 Å². The molecule has 16 heavy (non-hydrogen) atoms. The highest BCUT2D eigenvalue weighted by molar-refractivity contribution is 4.91. The summed E-state index contributed by atoms with van der Waals surface area (Å²) in [6.07, 6.45) is 7.02. The van der Waals surface area contributed by atoms with Gasteiger partial charge in [-0.25, -0.2) is 0 Å². The van der Waals surface area contributed by atoms with Crippen molar-refractivity contribution in [1.29, 1.82) is 0 Å². The second kappa shape index (κ2) is 5.50. The van der Waals surface area contributed by atoms with Gasteiger partial charge >= 0.3 is 0 Å². The third-order valence-electron chi connectivity index (χ3n) is 5.05. The van der Waals surface area contributed by atoms with Gasteiger partial charge in [0, 0.05) is 6.04 Å². The van der Waals surface area contributed by atoms with E-state index >= 15 is 0 Å². The molecule has 2 aliphatic rings. The Kier molecular flexibility index (Phi) is 4.26. The summed E-state index contributed by atoms with van der Waals surface area (Å²) in [5, 5.41) is 13.0. The SMILES string of the molecule is CCC(C)C(CO)NCC1CC2CCC1C2. The fourth-order valence-corrected chi connectivity index (χ4v) is 3.66. The van der Waals surface area contributed by atoms with Crippen LogP contribution in [0.25, 0.3) is 0 Å². The van der Waals surface area contributed by atoms with Gasteiger partial charge in [-0.3, -0.25) is 0 Å². The molecule has 2 saturated carbocycles. The summed E-state index contributed by atoms with van der Waals surface area (Å²) in [4.78, 5) is 0. The molecular formula is C14H27NO. The largest absolute Gasteiger partial charge is 0.395 e. The molecule has 0 aromatic heterocycles. The standard InChI is InChI=1S/C14H27NO/c1-3-10(2)14(9-16)15-8-13-7-11-4-5-12(13)6-11/h10-16H,3-9H2,1-2H3. The van der Waals surface area contributed by atoms with E-state index in [4.69, 9.17) is 0 Å². The van der Waals surface area contributed by atoms with E-state index in [9.17, 15) is 5.11 Å². The molecule has 5 atom stereocenters. The third-order valence-corrected chi connectivity index (χ3v) is 5.05. The molecule has 94 valence electrons. The maximum atomic E-state index is 9.37. The molecule has 2 nitrogen and oxygen atoms in total. The Morgan fingerprint density at radius 2 is 2.12 bits per heavy atom. The van der Waals surface area contributed by atoms with Crippen LogP contribution < -0.4 is 5.32 Å². The molecule has 0 saturated heterocycles. The highest BCUT2D eigenvalue weighted by Gasteiger charge is 2.39. The average molecular weight is 225 g/mol. The number of fused-ring (bicyclic) bond motifs is 2. The van der Waals surface area contributed by atoms with Crippen LogP contribution >= 0.6 is 0 Å². The Labute approximate surface area is 99.8 Å². The van der Waals surface area contributed by atoms with Gasteiger partial charge in [-0.1, -0.05) is 26.7 Å². The minimum atomic E-state index is 0.288. The summed E-state index contributed by atoms with van der Waals surface area (Å²) in [6.45, 7) is 5.85. The van der Waals surface area contributed by atoms with E-state index < -0.39 is 0 Å². The maximum Gasteiger partial charge on any atom is 0.0587 e. The molecule has 0 aromatic carbocycles. The van der Waals surface area contributed by atoms with Gasteiger partial charge in [0.15, 0.2) is 0 Å². The summed E-state index contributed by atoms with van der Waals surface area (Å²) in [6, 6.07) is 0.309. The van der Waals surface area contributed by atoms with Gasteiger partial charge in [-0.15, -0.1) is 0 Å². The Hall–Kier alpha value is -0.0800. The Balaban J connectivity index is 1.74. The second-order valence-corrected chi connectivity index (χ2v) is 6.02. The smallest absolute Gasteiger partial charge is 0.0587 e. The first kappa shape index (κ1) is 12.4. The number of rotatable bonds is 6. The molecule has 2 bridgehead atoms. The van der Waals surface area contributed by atoms with Gasteiger partial charge in [0.25, 0.3) is 0 Å². The van der Waals surface area contributed by atoms with Crippen LogP contribution in [-0.2, 0) is 0 Å². The van der Waals surface area contributed by atoms with Crippen LogP contribution in [0.3, 0.4) is 0 Å². The minimum absolute atomic E-state index is 0.288. The highest BCUT2D eigenvalue weighted by atomic mass is 16.3. The Morgan fingerprint density at radius 3 is 2.62 bits per heavy atom. The lowest BCUT2D eigenvalue weighted by Crippen LogP contribution is -2.41. The zero-order chi connectivity index (χ0) is 11.5. The van der Waals surface area contributed by atoms with Crippen molar-refractivity contribution >= 4 is 0 Å². The fraction of sp³-hybridized carbons (Fsp3) is 1.00. The average Bonchev–Trinajstić information content (AvgIpc) is 2.91. The van der Waals surface area contributed by atoms with E-state index in [0.717, 1.165) is 30.7 Å². The van der Waals surface area contributed by atoms with Crippen LogP contribution in [-0.4, -0.2) is 24.3 Å². The van der Waals surface area contributed by atoms with Gasteiger partial charge in [-0.05, 0) is 49.5 Å². The van der Waals surface area contributed by atoms with Crippen LogP contribution in [0.4, 0.5) is 0 Å². The predicted molar refractivity (Wildman–Crippen MR) is 67.3 cm³/mol. The summed E-state index contributed by atoms with van der Waals surface area (Å²) in [7, 11) is 0. The lowest BCUT2D eigenvalue weighted by atomic mass is 9.88. The predicted octanol–water partition coefficient (Wildman–Crippen LogP) is 2.42. The second-order valence-electron chi connectivity index (χ2n) is 6.02. The van der Waals surface area contributed by atoms with Gasteiger partial charge < -0.3 is 10.4 Å². The summed E-state index contributed by atoms with van der Waals surface area (Å²) < 4.78 is 0. The fourth-order valence-electron chi connectivity index (χ4n) is 3.66. The Bertz CT molecular complexity index is 217. The van der Waals surface area contributed by atoms with Crippen molar-refractivity contribution in [3.63, 3.8) is 0 Å². The molecule has 0 aliphatic heterocycles. The summed E-state index contributed by atoms with van der Waals surface area (Å²) in [5.74, 6) is 3.52. The van der Waals surface area contributed by atoms with E-state index in [1.807, 2.05) is 0 Å². The molecule has 2 N–H and O–H groups in total. The van der Waals surface area contributed by atoms with Crippen molar-refractivity contribution in [3.8, 4) is 0 Å². The molecule has 2 rings (SSSR count). The number of aliphatic hydroxyl groups excluding tert-OH is 1. The van der Waals surface area contributed by atoms with Crippen molar-refractivity contribution in [3.05, 3.63) is 0 Å². The van der Waals surface area contributed by atoms with Gasteiger partial charge in [0.2, 0.25) is 0 Å². The molecule has 0 heterocycles. The molecule has 2 heteroatoms. The third kappa shape index (κ3) is 2.60. The van der Waals surface area contributed by atoms with Gasteiger partial charge in [-0.2, -0.15) is 0 Å². The highest BCUT2D eigenvalue weighted by Crippen LogP contribution is 2.47. The van der Waals surface area contributed by atoms with E-state index in [0.29, 0.717) is 12.0 Å². The van der Waals surface area contributed by atoms with Crippen molar-refractivity contribution in [2.75, 3.05) is 13.2 Å². The summed E-state index contributed by atoms with van der Waals surface area (Å²) >= 11 is 0. The zero-order valence-corrected chi connectivity index (χ0v) is 10.8. The first-order valence-electron chi connectivity index (χ1n) is 7.08. The van der Waals surface area contributed by atoms with E-state index in [-0.39, 0.29) is 6.61 Å². The van der Waals surface area contributed by atoms with Crippen LogP contribution in [0, 0.1) is 23.7 Å². The number of nitrogens with one attached hydrogen (secondary N) is 1. The summed E-state index contributed by atoms with van der Waals surface area (Å²) in [5.41, 5.74) is 0. The Morgan fingerprint density at radius 1 is 1.31 bits per heavy atom. The lowest BCUT2D eigenvalue weighted by Gasteiger charge is -2.27. The monoisotopic (exact) mass is 225 g/mol. The molecule has 0 amide bonds. The quantitative estimate of drug-likeness (QED) is 0.727. The molecule has 0 aromatic rings. The molecule has 5 unspecified atom stereocenters. The van der Waals surface area contributed by atoms with Crippen molar-refractivity contribution in [2.24, 2.45) is 23.7 Å². The van der Waals surface area contributed by atoms with Gasteiger partial charge in [0.1, 0.15) is 0 Å². The molecule has 2 fully saturated rings. The first-order valence-corrected chi connectivity index (χ1v) is 7.08. The van der Waals surface area contributed by atoms with Crippen LogP contribution in [0.15, 0.2) is 0 Å². The van der Waals surface area contributed by atoms with Crippen molar-refractivity contribution in [1.82, 2.24) is 5.32 Å². The lowest BCUT2D eigenvalue weighted by molar-refractivity contribution is 0.188. The zero-order valence-electron chi connectivity index (χ0n) is 10.8. The van der Waals surface area contributed by atoms with E-state index in [2.05, 4.69) is 19.2 Å². The number of hydrogen-bond acceptors (Lipinski definition) is 2. The van der Waals surface area contributed by atoms with Gasteiger partial charge in [0.05, 0.1) is 6.61 Å². The molecule has 2 aliphatic carbocycles. The van der Waals surface area contributed by atoms with Crippen molar-refractivity contribution < 1.29 is 5.11 Å². The van der Waals surface area contributed by atoms with E-state index in [1.54, 1.807) is 0 Å². The normalized spacial score (nSPS) is 36.6. The maximum absolute atomic E-state index is 9.37. The molecule has 0 radical (unpaired) electrons. The molecule has 0 spiro atoms. The molecular weight excluding hydrogens is 198 g/mol. The topological polar surface area (TPSA) is 32.3 Å². The number of hydrogen-bond donors (Lipinski definition) is 2. The van der Waals surface area contributed by atoms with Crippen LogP contribution in [0.2, 0.25) is 0 Å². The number of aliphatic hydroxyl groups is 1. The van der Waals surface area contributed by atoms with Crippen LogP contribution in [0.5, 0.6) is 0 Å². The van der Waals surface area contributed by atoms with Crippen LogP contribution in [0.1, 0.15) is 46.0 Å². The van der Waals surface area contributed by atoms with E-state index in [1.165, 1.54) is 25.7 Å². The first-order chi connectivity index (χ1) is 7.74.